The van der Waals surface area contributed by atoms with Crippen LogP contribution >= 0.6 is 0 Å². The zero-order valence-electron chi connectivity index (χ0n) is 12.6. The molecule has 1 fully saturated rings. The van der Waals surface area contributed by atoms with E-state index in [0.29, 0.717) is 19.2 Å². The molecule has 0 spiro atoms. The van der Waals surface area contributed by atoms with Crippen LogP contribution in [0.2, 0.25) is 0 Å². The number of hydrogen-bond acceptors (Lipinski definition) is 4. The predicted molar refractivity (Wildman–Crippen MR) is 80.7 cm³/mol. The Bertz CT molecular complexity index is 731. The van der Waals surface area contributed by atoms with E-state index >= 15 is 0 Å². The van der Waals surface area contributed by atoms with Crippen LogP contribution in [-0.2, 0) is 12.7 Å². The van der Waals surface area contributed by atoms with E-state index < -0.39 is 22.4 Å². The third-order valence-corrected chi connectivity index (χ3v) is 4.17. The van der Waals surface area contributed by atoms with Crippen molar-refractivity contribution >= 4 is 11.4 Å². The fraction of sp³-hybridized carbons (Fsp3) is 0.400. The zero-order chi connectivity index (χ0) is 17.3. The zero-order valence-corrected chi connectivity index (χ0v) is 12.6. The first-order valence-corrected chi connectivity index (χ1v) is 7.44. The van der Waals surface area contributed by atoms with E-state index in [0.717, 1.165) is 18.9 Å². The molecule has 0 radical (unpaired) electrons. The number of nitro groups is 1. The number of nitro benzene ring substituents is 1. The van der Waals surface area contributed by atoms with Gasteiger partial charge in [0.25, 0.3) is 5.69 Å². The Labute approximate surface area is 135 Å². The summed E-state index contributed by atoms with van der Waals surface area (Å²) in [4.78, 5) is 16.3. The van der Waals surface area contributed by atoms with Crippen LogP contribution in [0.15, 0.2) is 36.9 Å². The van der Waals surface area contributed by atoms with Crippen molar-refractivity contribution in [2.45, 2.75) is 31.6 Å². The molecule has 1 saturated heterocycles. The lowest BCUT2D eigenvalue weighted by Gasteiger charge is -2.27. The van der Waals surface area contributed by atoms with Gasteiger partial charge in [-0.1, -0.05) is 0 Å². The largest absolute Gasteiger partial charge is 0.416 e. The lowest BCUT2D eigenvalue weighted by atomic mass is 10.1. The number of alkyl halides is 3. The van der Waals surface area contributed by atoms with Gasteiger partial charge < -0.3 is 9.47 Å². The van der Waals surface area contributed by atoms with Gasteiger partial charge in [0.2, 0.25) is 0 Å². The highest BCUT2D eigenvalue weighted by atomic mass is 19.4. The third kappa shape index (κ3) is 3.19. The van der Waals surface area contributed by atoms with E-state index in [1.54, 1.807) is 18.7 Å². The molecule has 1 aliphatic rings. The standard InChI is InChI=1S/C15H15F3N4O2/c16-15(17,18)11-3-4-13(14(8-11)22(23)24)21-6-1-2-12(21)9-20-7-5-19-10-20/h3-5,7-8,10,12H,1-2,6,9H2. The Hall–Kier alpha value is -2.58. The van der Waals surface area contributed by atoms with Gasteiger partial charge in [-0.2, -0.15) is 13.2 Å². The van der Waals surface area contributed by atoms with Crippen molar-refractivity contribution in [2.75, 3.05) is 11.4 Å². The van der Waals surface area contributed by atoms with E-state index in [1.807, 2.05) is 9.47 Å². The first-order chi connectivity index (χ1) is 11.4. The predicted octanol–water partition coefficient (Wildman–Crippen LogP) is 3.48. The summed E-state index contributed by atoms with van der Waals surface area (Å²) < 4.78 is 40.3. The molecule has 0 saturated carbocycles. The molecular formula is C15H15F3N4O2. The van der Waals surface area contributed by atoms with E-state index in [9.17, 15) is 23.3 Å². The second-order valence-electron chi connectivity index (χ2n) is 5.71. The molecule has 1 aromatic carbocycles. The summed E-state index contributed by atoms with van der Waals surface area (Å²) >= 11 is 0. The Morgan fingerprint density at radius 1 is 1.38 bits per heavy atom. The van der Waals surface area contributed by atoms with Crippen LogP contribution in [0.5, 0.6) is 0 Å². The fourth-order valence-corrected chi connectivity index (χ4v) is 3.07. The smallest absolute Gasteiger partial charge is 0.361 e. The summed E-state index contributed by atoms with van der Waals surface area (Å²) in [7, 11) is 0. The molecule has 6 nitrogen and oxygen atoms in total. The van der Waals surface area contributed by atoms with E-state index in [1.165, 1.54) is 6.07 Å². The van der Waals surface area contributed by atoms with Gasteiger partial charge in [-0.15, -0.1) is 0 Å². The highest BCUT2D eigenvalue weighted by molar-refractivity contribution is 5.65. The second kappa shape index (κ2) is 6.14. The normalized spacial score (nSPS) is 18.1. The summed E-state index contributed by atoms with van der Waals surface area (Å²) in [6.07, 6.45) is 2.12. The SMILES string of the molecule is O=[N+]([O-])c1cc(C(F)(F)F)ccc1N1CCCC1Cn1ccnc1. The van der Waals surface area contributed by atoms with Gasteiger partial charge in [0.15, 0.2) is 0 Å². The molecule has 0 amide bonds. The van der Waals surface area contributed by atoms with Crippen LogP contribution in [-0.4, -0.2) is 27.1 Å². The van der Waals surface area contributed by atoms with Crippen molar-refractivity contribution in [3.05, 3.63) is 52.6 Å². The fourth-order valence-electron chi connectivity index (χ4n) is 3.07. The van der Waals surface area contributed by atoms with Crippen molar-refractivity contribution < 1.29 is 18.1 Å². The molecule has 2 aromatic rings. The maximum absolute atomic E-state index is 12.8. The summed E-state index contributed by atoms with van der Waals surface area (Å²) in [5, 5.41) is 11.3. The number of imidazole rings is 1. The van der Waals surface area contributed by atoms with E-state index in [4.69, 9.17) is 0 Å². The van der Waals surface area contributed by atoms with Crippen LogP contribution in [0, 0.1) is 10.1 Å². The summed E-state index contributed by atoms with van der Waals surface area (Å²) in [6, 6.07) is 2.69. The number of benzene rings is 1. The molecule has 128 valence electrons. The molecule has 1 aliphatic heterocycles. The van der Waals surface area contributed by atoms with Crippen LogP contribution in [0.4, 0.5) is 24.5 Å². The summed E-state index contributed by atoms with van der Waals surface area (Å²) in [6.45, 7) is 1.16. The third-order valence-electron chi connectivity index (χ3n) is 4.17. The van der Waals surface area contributed by atoms with Crippen LogP contribution in [0.3, 0.4) is 0 Å². The van der Waals surface area contributed by atoms with E-state index in [-0.39, 0.29) is 11.7 Å². The van der Waals surface area contributed by atoms with Gasteiger partial charge in [-0.25, -0.2) is 4.98 Å². The highest BCUT2D eigenvalue weighted by Gasteiger charge is 2.35. The topological polar surface area (TPSA) is 64.2 Å². The monoisotopic (exact) mass is 340 g/mol. The summed E-state index contributed by atoms with van der Waals surface area (Å²) in [5.74, 6) is 0. The Kier molecular flexibility index (Phi) is 4.16. The number of rotatable bonds is 4. The number of anilines is 1. The minimum Gasteiger partial charge on any atom is -0.361 e. The molecule has 0 N–H and O–H groups in total. The minimum absolute atomic E-state index is 0.0189. The number of halogens is 3. The molecule has 0 bridgehead atoms. The average molecular weight is 340 g/mol. The van der Waals surface area contributed by atoms with Crippen LogP contribution in [0.25, 0.3) is 0 Å². The maximum Gasteiger partial charge on any atom is 0.416 e. The van der Waals surface area contributed by atoms with Crippen molar-refractivity contribution in [3.63, 3.8) is 0 Å². The van der Waals surface area contributed by atoms with Crippen LogP contribution < -0.4 is 4.90 Å². The van der Waals surface area contributed by atoms with Crippen molar-refractivity contribution in [1.82, 2.24) is 9.55 Å². The van der Waals surface area contributed by atoms with Gasteiger partial charge in [0.1, 0.15) is 5.69 Å². The highest BCUT2D eigenvalue weighted by Crippen LogP contribution is 2.39. The number of nitrogens with zero attached hydrogens (tertiary/aromatic N) is 4. The number of aromatic nitrogens is 2. The van der Waals surface area contributed by atoms with Crippen LogP contribution in [0.1, 0.15) is 18.4 Å². The van der Waals surface area contributed by atoms with Crippen molar-refractivity contribution in [2.24, 2.45) is 0 Å². The van der Waals surface area contributed by atoms with Crippen molar-refractivity contribution in [1.29, 1.82) is 0 Å². The Morgan fingerprint density at radius 2 is 2.17 bits per heavy atom. The maximum atomic E-state index is 12.8. The molecule has 3 rings (SSSR count). The Balaban J connectivity index is 1.93. The van der Waals surface area contributed by atoms with Gasteiger partial charge in [-0.3, -0.25) is 10.1 Å². The molecule has 2 heterocycles. The molecule has 0 aliphatic carbocycles. The summed E-state index contributed by atoms with van der Waals surface area (Å²) in [5.41, 5.74) is -1.29. The molecule has 24 heavy (non-hydrogen) atoms. The quantitative estimate of drug-likeness (QED) is 0.631. The molecule has 9 heteroatoms. The average Bonchev–Trinajstić information content (AvgIpc) is 3.18. The van der Waals surface area contributed by atoms with Crippen molar-refractivity contribution in [3.8, 4) is 0 Å². The number of hydrogen-bond donors (Lipinski definition) is 0. The van der Waals surface area contributed by atoms with E-state index in [2.05, 4.69) is 4.98 Å². The lowest BCUT2D eigenvalue weighted by Crippen LogP contribution is -2.33. The molecular weight excluding hydrogens is 325 g/mol. The minimum atomic E-state index is -4.61. The lowest BCUT2D eigenvalue weighted by molar-refractivity contribution is -0.384. The van der Waals surface area contributed by atoms with Gasteiger partial charge >= 0.3 is 6.18 Å². The Morgan fingerprint density at radius 3 is 2.79 bits per heavy atom. The molecule has 1 unspecified atom stereocenters. The van der Waals surface area contributed by atoms with Gasteiger partial charge in [0, 0.05) is 37.6 Å². The second-order valence-corrected chi connectivity index (χ2v) is 5.71. The first kappa shape index (κ1) is 16.3. The van der Waals surface area contributed by atoms with Gasteiger partial charge in [-0.05, 0) is 25.0 Å². The van der Waals surface area contributed by atoms with Gasteiger partial charge in [0.05, 0.1) is 16.8 Å². The first-order valence-electron chi connectivity index (χ1n) is 7.44. The molecule has 1 aromatic heterocycles. The molecule has 1 atom stereocenters.